The van der Waals surface area contributed by atoms with Crippen molar-refractivity contribution in [1.82, 2.24) is 0 Å². The highest BCUT2D eigenvalue weighted by Crippen LogP contribution is 2.30. The average molecular weight is 293 g/mol. The molecule has 2 aromatic rings. The number of nitrogens with one attached hydrogen (secondary N) is 1. The minimum atomic E-state index is -4.29. The van der Waals surface area contributed by atoms with Crippen LogP contribution in [0, 0.1) is 20.8 Å². The minimum Gasteiger partial charge on any atom is -0.381 e. The van der Waals surface area contributed by atoms with Crippen LogP contribution in [0.3, 0.4) is 0 Å². The van der Waals surface area contributed by atoms with Crippen LogP contribution in [-0.4, -0.2) is 0 Å². The first kappa shape index (κ1) is 15.4. The Morgan fingerprint density at radius 2 is 1.43 bits per heavy atom. The molecule has 0 saturated carbocycles. The van der Waals surface area contributed by atoms with Crippen LogP contribution in [0.2, 0.25) is 0 Å². The third-order valence-corrected chi connectivity index (χ3v) is 3.65. The van der Waals surface area contributed by atoms with Gasteiger partial charge in [0.05, 0.1) is 5.56 Å². The van der Waals surface area contributed by atoms with Crippen molar-refractivity contribution in [3.63, 3.8) is 0 Å². The first-order valence-electron chi connectivity index (χ1n) is 6.75. The summed E-state index contributed by atoms with van der Waals surface area (Å²) in [4.78, 5) is 0. The largest absolute Gasteiger partial charge is 0.416 e. The molecule has 0 aliphatic heterocycles. The molecule has 4 heteroatoms. The van der Waals surface area contributed by atoms with Crippen molar-refractivity contribution in [1.29, 1.82) is 0 Å². The summed E-state index contributed by atoms with van der Waals surface area (Å²) in [5, 5.41) is 3.16. The Balaban J connectivity index is 2.08. The lowest BCUT2D eigenvalue weighted by Crippen LogP contribution is -2.06. The topological polar surface area (TPSA) is 12.0 Å². The molecule has 0 unspecified atom stereocenters. The lowest BCUT2D eigenvalue weighted by Gasteiger charge is -2.13. The Labute approximate surface area is 122 Å². The van der Waals surface area contributed by atoms with Crippen molar-refractivity contribution in [2.75, 3.05) is 5.32 Å². The number of benzene rings is 2. The Kier molecular flexibility index (Phi) is 4.26. The van der Waals surface area contributed by atoms with Crippen molar-refractivity contribution in [2.45, 2.75) is 33.5 Å². The van der Waals surface area contributed by atoms with Gasteiger partial charge in [-0.05, 0) is 67.3 Å². The number of halogens is 3. The van der Waals surface area contributed by atoms with Gasteiger partial charge in [-0.3, -0.25) is 0 Å². The van der Waals surface area contributed by atoms with E-state index in [0.717, 1.165) is 17.7 Å². The van der Waals surface area contributed by atoms with Gasteiger partial charge in [0.2, 0.25) is 0 Å². The number of hydrogen-bond donors (Lipinski definition) is 1. The van der Waals surface area contributed by atoms with Gasteiger partial charge in [0.1, 0.15) is 0 Å². The van der Waals surface area contributed by atoms with Gasteiger partial charge in [0.25, 0.3) is 0 Å². The van der Waals surface area contributed by atoms with Gasteiger partial charge in [0, 0.05) is 12.2 Å². The minimum absolute atomic E-state index is 0.596. The van der Waals surface area contributed by atoms with Crippen molar-refractivity contribution in [3.05, 3.63) is 64.2 Å². The molecular formula is C17H18F3N. The first-order chi connectivity index (χ1) is 9.77. The van der Waals surface area contributed by atoms with Crippen molar-refractivity contribution in [3.8, 4) is 0 Å². The molecule has 1 N–H and O–H groups in total. The monoisotopic (exact) mass is 293 g/mol. The van der Waals surface area contributed by atoms with E-state index < -0.39 is 11.7 Å². The van der Waals surface area contributed by atoms with Crippen LogP contribution in [0.25, 0.3) is 0 Å². The molecule has 2 rings (SSSR count). The number of alkyl halides is 3. The normalized spacial score (nSPS) is 11.5. The van der Waals surface area contributed by atoms with Crippen LogP contribution < -0.4 is 5.32 Å². The van der Waals surface area contributed by atoms with Gasteiger partial charge < -0.3 is 5.32 Å². The summed E-state index contributed by atoms with van der Waals surface area (Å²) >= 11 is 0. The summed E-state index contributed by atoms with van der Waals surface area (Å²) in [5.41, 5.74) is 4.84. The zero-order valence-corrected chi connectivity index (χ0v) is 12.3. The van der Waals surface area contributed by atoms with E-state index in [1.807, 2.05) is 6.92 Å². The van der Waals surface area contributed by atoms with E-state index in [4.69, 9.17) is 0 Å². The van der Waals surface area contributed by atoms with E-state index in [2.05, 4.69) is 31.3 Å². The SMILES string of the molecule is Cc1cc(C)c(CNc2ccc(C(F)(F)F)cc2)cc1C. The van der Waals surface area contributed by atoms with Crippen molar-refractivity contribution in [2.24, 2.45) is 0 Å². The molecule has 1 nitrogen and oxygen atoms in total. The second kappa shape index (κ2) is 5.80. The number of anilines is 1. The molecule has 0 saturated heterocycles. The second-order valence-corrected chi connectivity index (χ2v) is 5.29. The highest BCUT2D eigenvalue weighted by atomic mass is 19.4. The maximum Gasteiger partial charge on any atom is 0.416 e. The molecule has 112 valence electrons. The Hall–Kier alpha value is -1.97. The summed E-state index contributed by atoms with van der Waals surface area (Å²) in [6.45, 7) is 6.75. The molecule has 2 aromatic carbocycles. The second-order valence-electron chi connectivity index (χ2n) is 5.29. The molecule has 0 aliphatic rings. The average Bonchev–Trinajstić information content (AvgIpc) is 2.41. The van der Waals surface area contributed by atoms with Gasteiger partial charge in [-0.1, -0.05) is 12.1 Å². The van der Waals surface area contributed by atoms with Crippen molar-refractivity contribution >= 4 is 5.69 Å². The molecular weight excluding hydrogens is 275 g/mol. The third kappa shape index (κ3) is 3.78. The molecule has 0 atom stereocenters. The van der Waals surface area contributed by atoms with Gasteiger partial charge in [0.15, 0.2) is 0 Å². The Bertz CT molecular complexity index is 628. The van der Waals surface area contributed by atoms with Gasteiger partial charge >= 0.3 is 6.18 Å². The fourth-order valence-corrected chi connectivity index (χ4v) is 2.19. The molecule has 0 bridgehead atoms. The number of aryl methyl sites for hydroxylation is 3. The molecule has 0 heterocycles. The Morgan fingerprint density at radius 3 is 2.00 bits per heavy atom. The van der Waals surface area contributed by atoms with Crippen LogP contribution in [0.1, 0.15) is 27.8 Å². The third-order valence-electron chi connectivity index (χ3n) is 3.65. The first-order valence-corrected chi connectivity index (χ1v) is 6.75. The van der Waals surface area contributed by atoms with E-state index >= 15 is 0 Å². The van der Waals surface area contributed by atoms with E-state index in [-0.39, 0.29) is 0 Å². The predicted octanol–water partition coefficient (Wildman–Crippen LogP) is 5.24. The number of hydrogen-bond acceptors (Lipinski definition) is 1. The van der Waals surface area contributed by atoms with Crippen molar-refractivity contribution < 1.29 is 13.2 Å². The van der Waals surface area contributed by atoms with Crippen LogP contribution in [0.4, 0.5) is 18.9 Å². The van der Waals surface area contributed by atoms with E-state index in [9.17, 15) is 13.2 Å². The summed E-state index contributed by atoms with van der Waals surface area (Å²) in [7, 11) is 0. The van der Waals surface area contributed by atoms with Crippen LogP contribution in [-0.2, 0) is 12.7 Å². The van der Waals surface area contributed by atoms with Gasteiger partial charge in [-0.15, -0.1) is 0 Å². The van der Waals surface area contributed by atoms with Crippen LogP contribution in [0.5, 0.6) is 0 Å². The molecule has 0 aromatic heterocycles. The molecule has 0 spiro atoms. The fraction of sp³-hybridized carbons (Fsp3) is 0.294. The molecule has 0 amide bonds. The van der Waals surface area contributed by atoms with E-state index in [1.165, 1.54) is 28.8 Å². The van der Waals surface area contributed by atoms with Gasteiger partial charge in [-0.2, -0.15) is 13.2 Å². The van der Waals surface area contributed by atoms with E-state index in [0.29, 0.717) is 12.2 Å². The zero-order chi connectivity index (χ0) is 15.6. The highest BCUT2D eigenvalue weighted by Gasteiger charge is 2.29. The van der Waals surface area contributed by atoms with Gasteiger partial charge in [-0.25, -0.2) is 0 Å². The fourth-order valence-electron chi connectivity index (χ4n) is 2.19. The zero-order valence-electron chi connectivity index (χ0n) is 12.3. The number of rotatable bonds is 3. The Morgan fingerprint density at radius 1 is 0.857 bits per heavy atom. The molecule has 0 radical (unpaired) electrons. The lowest BCUT2D eigenvalue weighted by atomic mass is 10.0. The molecule has 0 aliphatic carbocycles. The summed E-state index contributed by atoms with van der Waals surface area (Å²) in [5.74, 6) is 0. The highest BCUT2D eigenvalue weighted by molar-refractivity contribution is 5.47. The summed E-state index contributed by atoms with van der Waals surface area (Å²) in [6, 6.07) is 9.34. The maximum atomic E-state index is 12.5. The van der Waals surface area contributed by atoms with Crippen LogP contribution in [0.15, 0.2) is 36.4 Å². The molecule has 21 heavy (non-hydrogen) atoms. The van der Waals surface area contributed by atoms with E-state index in [1.54, 1.807) is 0 Å². The lowest BCUT2D eigenvalue weighted by molar-refractivity contribution is -0.137. The summed E-state index contributed by atoms with van der Waals surface area (Å²) < 4.78 is 37.5. The molecule has 0 fully saturated rings. The predicted molar refractivity (Wildman–Crippen MR) is 79.4 cm³/mol. The van der Waals surface area contributed by atoms with Crippen LogP contribution >= 0.6 is 0 Å². The summed E-state index contributed by atoms with van der Waals surface area (Å²) in [6.07, 6.45) is -4.29. The standard InChI is InChI=1S/C17H18F3N/c1-11-8-13(3)14(9-12(11)2)10-21-16-6-4-15(5-7-16)17(18,19)20/h4-9,21H,10H2,1-3H3. The maximum absolute atomic E-state index is 12.5. The smallest absolute Gasteiger partial charge is 0.381 e. The quantitative estimate of drug-likeness (QED) is 0.815.